The first-order valence-corrected chi connectivity index (χ1v) is 14.2. The summed E-state index contributed by atoms with van der Waals surface area (Å²) in [5.74, 6) is -0.375. The number of carbonyl (C=O) groups excluding carboxylic acids is 1. The molecule has 1 aliphatic carbocycles. The zero-order valence-corrected chi connectivity index (χ0v) is 23.7. The third kappa shape index (κ3) is 5.31. The monoisotopic (exact) mass is 560 g/mol. The van der Waals surface area contributed by atoms with Crippen molar-refractivity contribution in [2.24, 2.45) is 11.7 Å². The average Bonchev–Trinajstić information content (AvgIpc) is 3.54. The molecule has 0 bridgehead atoms. The third-order valence-electron chi connectivity index (χ3n) is 7.90. The van der Waals surface area contributed by atoms with Crippen LogP contribution in [0.3, 0.4) is 0 Å². The van der Waals surface area contributed by atoms with Gasteiger partial charge < -0.3 is 15.5 Å². The second-order valence-corrected chi connectivity index (χ2v) is 10.8. The normalized spacial score (nSPS) is 15.9. The number of para-hydroxylation sites is 1. The Labute approximate surface area is 244 Å². The highest BCUT2D eigenvalue weighted by Crippen LogP contribution is 2.38. The van der Waals surface area contributed by atoms with E-state index in [0.29, 0.717) is 12.0 Å². The van der Waals surface area contributed by atoms with E-state index in [1.165, 1.54) is 6.07 Å². The largest absolute Gasteiger partial charge is 0.458 e. The molecule has 212 valence electrons. The molecule has 1 aliphatic rings. The van der Waals surface area contributed by atoms with Crippen LogP contribution in [0.25, 0.3) is 27.6 Å². The van der Waals surface area contributed by atoms with Gasteiger partial charge in [-0.1, -0.05) is 55.5 Å². The van der Waals surface area contributed by atoms with Crippen molar-refractivity contribution in [2.45, 2.75) is 32.7 Å². The maximum atomic E-state index is 14.1. The molecule has 2 atom stereocenters. The zero-order valence-electron chi connectivity index (χ0n) is 23.7. The smallest absolute Gasteiger partial charge is 0.374 e. The first-order chi connectivity index (χ1) is 20.4. The van der Waals surface area contributed by atoms with Crippen LogP contribution in [0.15, 0.2) is 97.5 Å². The average molecular weight is 561 g/mol. The summed E-state index contributed by atoms with van der Waals surface area (Å²) in [4.78, 5) is 20.7. The number of nitrogens with two attached hydrogens (primary N) is 1. The van der Waals surface area contributed by atoms with Crippen molar-refractivity contribution in [3.8, 4) is 0 Å². The van der Waals surface area contributed by atoms with E-state index in [1.807, 2.05) is 67.0 Å². The van der Waals surface area contributed by atoms with E-state index in [-0.39, 0.29) is 30.2 Å². The number of halogens is 1. The number of hydrogen-bond acceptors (Lipinski definition) is 4. The number of H-pyrrole nitrogens is 1. The first-order valence-electron chi connectivity index (χ1n) is 14.2. The maximum Gasteiger partial charge on any atom is 0.374 e. The van der Waals surface area contributed by atoms with Gasteiger partial charge in [-0.25, -0.2) is 14.2 Å². The van der Waals surface area contributed by atoms with E-state index in [4.69, 9.17) is 10.5 Å². The molecule has 3 N–H and O–H groups in total. The SMILES string of the molecule is CCC1C=CC=CC(c2ccn3c(C(=O)OC[C@H](N)Cc4c[nH]c5ccccc45)ncc3c2)=C1c1ccc(F)c(C)c1. The molecule has 42 heavy (non-hydrogen) atoms. The highest BCUT2D eigenvalue weighted by atomic mass is 19.1. The van der Waals surface area contributed by atoms with Crippen LogP contribution in [0.4, 0.5) is 4.39 Å². The Hall–Kier alpha value is -4.75. The van der Waals surface area contributed by atoms with Gasteiger partial charge >= 0.3 is 5.97 Å². The number of nitrogens with one attached hydrogen (secondary N) is 1. The van der Waals surface area contributed by atoms with Gasteiger partial charge in [0.1, 0.15) is 12.4 Å². The molecule has 3 heterocycles. The molecular formula is C35H33FN4O2. The van der Waals surface area contributed by atoms with Crippen molar-refractivity contribution in [1.29, 1.82) is 0 Å². The van der Waals surface area contributed by atoms with Crippen LogP contribution in [0.2, 0.25) is 0 Å². The number of aryl methyl sites for hydroxylation is 1. The highest BCUT2D eigenvalue weighted by Gasteiger charge is 2.21. The Balaban J connectivity index is 1.24. The number of allylic oxidation sites excluding steroid dienone is 6. The van der Waals surface area contributed by atoms with Crippen molar-refractivity contribution in [3.05, 3.63) is 131 Å². The lowest BCUT2D eigenvalue weighted by molar-refractivity contribution is 0.0466. The molecule has 0 saturated carbocycles. The van der Waals surface area contributed by atoms with E-state index in [9.17, 15) is 9.18 Å². The van der Waals surface area contributed by atoms with Gasteiger partial charge in [0.25, 0.3) is 0 Å². The number of carbonyl (C=O) groups is 1. The lowest BCUT2D eigenvalue weighted by atomic mass is 9.84. The molecule has 5 aromatic rings. The number of nitrogens with zero attached hydrogens (tertiary/aromatic N) is 2. The quantitative estimate of drug-likeness (QED) is 0.199. The van der Waals surface area contributed by atoms with Crippen molar-refractivity contribution < 1.29 is 13.9 Å². The van der Waals surface area contributed by atoms with Crippen molar-refractivity contribution in [3.63, 3.8) is 0 Å². The summed E-state index contributed by atoms with van der Waals surface area (Å²) in [5.41, 5.74) is 14.0. The summed E-state index contributed by atoms with van der Waals surface area (Å²) in [6.07, 6.45) is 15.3. The minimum Gasteiger partial charge on any atom is -0.458 e. The first kappa shape index (κ1) is 27.4. The van der Waals surface area contributed by atoms with E-state index in [2.05, 4.69) is 35.1 Å². The minimum absolute atomic E-state index is 0.0782. The molecule has 3 aromatic heterocycles. The topological polar surface area (TPSA) is 85.4 Å². The standard InChI is InChI=1S/C35H33FN4O2/c1-3-23-8-4-5-10-30(33(23)25-12-13-31(36)22(2)16-25)24-14-15-40-28(18-24)20-39-34(40)35(41)42-21-27(37)17-26-19-38-32-11-7-6-9-29(26)32/h4-16,18-20,23,27,38H,3,17,21,37H2,1-2H3/t23?,27-/m1/s1. The van der Waals surface area contributed by atoms with Crippen LogP contribution in [-0.2, 0) is 11.2 Å². The summed E-state index contributed by atoms with van der Waals surface area (Å²) in [6, 6.07) is 17.0. The van der Waals surface area contributed by atoms with E-state index >= 15 is 0 Å². The number of benzene rings is 2. The van der Waals surface area contributed by atoms with Crippen LogP contribution in [0.5, 0.6) is 0 Å². The number of ether oxygens (including phenoxy) is 1. The fraction of sp³-hybridized carbons (Fsp3) is 0.200. The second kappa shape index (κ2) is 11.6. The Morgan fingerprint density at radius 2 is 2.00 bits per heavy atom. The number of hydrogen-bond donors (Lipinski definition) is 2. The van der Waals surface area contributed by atoms with Crippen molar-refractivity contribution in [2.75, 3.05) is 6.61 Å². The number of pyridine rings is 1. The van der Waals surface area contributed by atoms with Crippen molar-refractivity contribution >= 4 is 33.5 Å². The van der Waals surface area contributed by atoms with E-state index in [0.717, 1.165) is 50.7 Å². The highest BCUT2D eigenvalue weighted by molar-refractivity contribution is 5.98. The van der Waals surface area contributed by atoms with E-state index < -0.39 is 5.97 Å². The van der Waals surface area contributed by atoms with Crippen molar-refractivity contribution in [1.82, 2.24) is 14.4 Å². The molecule has 0 fully saturated rings. The van der Waals surface area contributed by atoms with Crippen LogP contribution in [0.1, 0.15) is 46.2 Å². The molecule has 6 rings (SSSR count). The lowest BCUT2D eigenvalue weighted by Crippen LogP contribution is -2.30. The molecular weight excluding hydrogens is 527 g/mol. The number of aromatic nitrogens is 3. The Morgan fingerprint density at radius 1 is 1.14 bits per heavy atom. The number of rotatable bonds is 8. The van der Waals surface area contributed by atoms with Gasteiger partial charge in [-0.15, -0.1) is 0 Å². The molecule has 6 nitrogen and oxygen atoms in total. The van der Waals surface area contributed by atoms with Gasteiger partial charge in [-0.2, -0.15) is 0 Å². The van der Waals surface area contributed by atoms with E-state index in [1.54, 1.807) is 17.5 Å². The van der Waals surface area contributed by atoms with Gasteiger partial charge in [-0.05, 0) is 83.5 Å². The van der Waals surface area contributed by atoms with Gasteiger partial charge in [0.05, 0.1) is 11.7 Å². The van der Waals surface area contributed by atoms with Gasteiger partial charge in [0.2, 0.25) is 5.82 Å². The number of esters is 1. The number of aromatic amines is 1. The zero-order chi connectivity index (χ0) is 29.2. The fourth-order valence-electron chi connectivity index (χ4n) is 5.72. The summed E-state index contributed by atoms with van der Waals surface area (Å²) >= 11 is 0. The predicted molar refractivity (Wildman–Crippen MR) is 165 cm³/mol. The Bertz CT molecular complexity index is 1880. The predicted octanol–water partition coefficient (Wildman–Crippen LogP) is 7.05. The Morgan fingerprint density at radius 3 is 2.83 bits per heavy atom. The van der Waals surface area contributed by atoms with Crippen LogP contribution in [-0.4, -0.2) is 33.0 Å². The molecule has 7 heteroatoms. The van der Waals surface area contributed by atoms with Crippen LogP contribution in [0, 0.1) is 18.7 Å². The summed E-state index contributed by atoms with van der Waals surface area (Å²) < 4.78 is 21.4. The van der Waals surface area contributed by atoms with Gasteiger partial charge in [0, 0.05) is 35.3 Å². The fourth-order valence-corrected chi connectivity index (χ4v) is 5.72. The molecule has 0 aliphatic heterocycles. The third-order valence-corrected chi connectivity index (χ3v) is 7.90. The second-order valence-electron chi connectivity index (χ2n) is 10.8. The van der Waals surface area contributed by atoms with Crippen LogP contribution < -0.4 is 5.73 Å². The minimum atomic E-state index is -0.525. The molecule has 0 radical (unpaired) electrons. The van der Waals surface area contributed by atoms with Gasteiger partial charge in [-0.3, -0.25) is 4.40 Å². The molecule has 2 aromatic carbocycles. The number of imidazole rings is 1. The maximum absolute atomic E-state index is 14.1. The lowest BCUT2D eigenvalue weighted by Gasteiger charge is -2.20. The molecule has 1 unspecified atom stereocenters. The molecule has 0 saturated heterocycles. The number of fused-ring (bicyclic) bond motifs is 2. The molecule has 0 spiro atoms. The molecule has 0 amide bonds. The summed E-state index contributed by atoms with van der Waals surface area (Å²) in [5, 5.41) is 1.12. The van der Waals surface area contributed by atoms with Crippen LogP contribution >= 0.6 is 0 Å². The Kier molecular flexibility index (Phi) is 7.59. The van der Waals surface area contributed by atoms with Gasteiger partial charge in [0.15, 0.2) is 0 Å². The summed E-state index contributed by atoms with van der Waals surface area (Å²) in [7, 11) is 0. The summed E-state index contributed by atoms with van der Waals surface area (Å²) in [6.45, 7) is 4.02.